The van der Waals surface area contributed by atoms with E-state index in [1.807, 2.05) is 61.7 Å². The Kier molecular flexibility index (Phi) is 9.22. The molecule has 212 valence electrons. The van der Waals surface area contributed by atoms with Gasteiger partial charge in [-0.1, -0.05) is 42.5 Å². The number of carbonyl (C=O) groups is 3. The SMILES string of the molecule is Cc1ccc(C(=O)N[C@@H](Cc2ccccc2)[C@H](O)C(=O)N2CSC(C)(C)[C@H]2C(=O)NCc2cccs2)c(C)c1O. The van der Waals surface area contributed by atoms with Crippen molar-refractivity contribution in [3.63, 3.8) is 0 Å². The van der Waals surface area contributed by atoms with Crippen molar-refractivity contribution in [3.8, 4) is 5.75 Å². The number of phenolic OH excluding ortho intramolecular Hbond substituents is 1. The van der Waals surface area contributed by atoms with Gasteiger partial charge in [0.25, 0.3) is 11.8 Å². The molecule has 10 heteroatoms. The summed E-state index contributed by atoms with van der Waals surface area (Å²) in [6, 6.07) is 14.6. The Morgan fingerprint density at radius 3 is 2.48 bits per heavy atom. The van der Waals surface area contributed by atoms with E-state index in [-0.39, 0.29) is 29.5 Å². The van der Waals surface area contributed by atoms with Crippen LogP contribution in [-0.2, 0) is 22.6 Å². The maximum absolute atomic E-state index is 13.8. The Hall–Kier alpha value is -3.34. The van der Waals surface area contributed by atoms with E-state index in [1.165, 1.54) is 28.0 Å². The number of carbonyl (C=O) groups excluding carboxylic acids is 3. The molecule has 0 unspecified atom stereocenters. The fourth-order valence-corrected chi connectivity index (χ4v) is 6.66. The monoisotopic (exact) mass is 581 g/mol. The second-order valence-corrected chi connectivity index (χ2v) is 13.1. The van der Waals surface area contributed by atoms with Crippen LogP contribution in [0.4, 0.5) is 0 Å². The lowest BCUT2D eigenvalue weighted by Crippen LogP contribution is -2.58. The molecule has 4 N–H and O–H groups in total. The number of hydrogen-bond donors (Lipinski definition) is 4. The number of phenols is 1. The van der Waals surface area contributed by atoms with Crippen molar-refractivity contribution in [3.05, 3.63) is 87.1 Å². The van der Waals surface area contributed by atoms with Crippen LogP contribution in [0.15, 0.2) is 60.0 Å². The van der Waals surface area contributed by atoms with Crippen LogP contribution >= 0.6 is 23.1 Å². The Labute approximate surface area is 242 Å². The molecule has 2 heterocycles. The summed E-state index contributed by atoms with van der Waals surface area (Å²) in [5.74, 6) is -1.17. The van der Waals surface area contributed by atoms with E-state index in [0.717, 1.165) is 10.4 Å². The number of aliphatic hydroxyl groups is 1. The Bertz CT molecular complexity index is 1360. The predicted octanol–water partition coefficient (Wildman–Crippen LogP) is 3.77. The number of nitrogens with zero attached hydrogens (tertiary/aromatic N) is 1. The fourth-order valence-electron chi connectivity index (χ4n) is 4.88. The number of rotatable bonds is 9. The van der Waals surface area contributed by atoms with E-state index in [1.54, 1.807) is 26.0 Å². The number of amides is 3. The van der Waals surface area contributed by atoms with Crippen LogP contribution < -0.4 is 10.6 Å². The third-order valence-corrected chi connectivity index (χ3v) is 9.47. The summed E-state index contributed by atoms with van der Waals surface area (Å²) in [4.78, 5) is 42.8. The minimum absolute atomic E-state index is 0.0246. The number of aromatic hydroxyl groups is 1. The van der Waals surface area contributed by atoms with Gasteiger partial charge in [0.2, 0.25) is 5.91 Å². The Morgan fingerprint density at radius 1 is 1.07 bits per heavy atom. The number of benzene rings is 2. The molecular formula is C30H35N3O5S2. The maximum Gasteiger partial charge on any atom is 0.254 e. The highest BCUT2D eigenvalue weighted by Gasteiger charge is 2.49. The lowest BCUT2D eigenvalue weighted by Gasteiger charge is -2.33. The topological polar surface area (TPSA) is 119 Å². The second-order valence-electron chi connectivity index (χ2n) is 10.5. The molecule has 0 bridgehead atoms. The van der Waals surface area contributed by atoms with E-state index in [0.29, 0.717) is 17.7 Å². The van der Waals surface area contributed by atoms with Crippen molar-refractivity contribution in [2.24, 2.45) is 0 Å². The third kappa shape index (κ3) is 6.51. The van der Waals surface area contributed by atoms with E-state index in [4.69, 9.17) is 0 Å². The molecule has 3 atom stereocenters. The van der Waals surface area contributed by atoms with Gasteiger partial charge in [0, 0.05) is 20.8 Å². The molecule has 3 aromatic rings. The van der Waals surface area contributed by atoms with Crippen LogP contribution in [-0.4, -0.2) is 61.6 Å². The van der Waals surface area contributed by atoms with Gasteiger partial charge in [-0.2, -0.15) is 0 Å². The first-order chi connectivity index (χ1) is 19.0. The fraction of sp³-hybridized carbons (Fsp3) is 0.367. The molecule has 0 radical (unpaired) electrons. The molecule has 40 heavy (non-hydrogen) atoms. The third-order valence-electron chi connectivity index (χ3n) is 7.22. The summed E-state index contributed by atoms with van der Waals surface area (Å²) in [7, 11) is 0. The summed E-state index contributed by atoms with van der Waals surface area (Å²) in [6.45, 7) is 7.56. The van der Waals surface area contributed by atoms with Gasteiger partial charge in [0.1, 0.15) is 11.8 Å². The number of hydrogen-bond acceptors (Lipinski definition) is 7. The molecule has 4 rings (SSSR count). The summed E-state index contributed by atoms with van der Waals surface area (Å²) in [5, 5.41) is 29.5. The van der Waals surface area contributed by atoms with Crippen molar-refractivity contribution < 1.29 is 24.6 Å². The minimum atomic E-state index is -1.61. The largest absolute Gasteiger partial charge is 0.507 e. The number of thiophene rings is 1. The van der Waals surface area contributed by atoms with Gasteiger partial charge >= 0.3 is 0 Å². The van der Waals surface area contributed by atoms with Gasteiger partial charge in [-0.25, -0.2) is 0 Å². The first-order valence-corrected chi connectivity index (χ1v) is 14.9. The van der Waals surface area contributed by atoms with Crippen LogP contribution in [0.3, 0.4) is 0 Å². The average Bonchev–Trinajstić information content (AvgIpc) is 3.57. The highest BCUT2D eigenvalue weighted by atomic mass is 32.2. The van der Waals surface area contributed by atoms with Crippen LogP contribution in [0, 0.1) is 13.8 Å². The second kappa shape index (κ2) is 12.4. The summed E-state index contributed by atoms with van der Waals surface area (Å²) in [5.41, 5.74) is 2.13. The first kappa shape index (κ1) is 29.6. The van der Waals surface area contributed by atoms with E-state index < -0.39 is 34.7 Å². The Morgan fingerprint density at radius 2 is 1.80 bits per heavy atom. The van der Waals surface area contributed by atoms with Crippen LogP contribution in [0.5, 0.6) is 5.75 Å². The van der Waals surface area contributed by atoms with Crippen molar-refractivity contribution in [2.75, 3.05) is 5.88 Å². The molecule has 0 saturated carbocycles. The van der Waals surface area contributed by atoms with Gasteiger partial charge in [-0.05, 0) is 62.8 Å². The molecule has 0 spiro atoms. The van der Waals surface area contributed by atoms with E-state index >= 15 is 0 Å². The molecule has 1 fully saturated rings. The summed E-state index contributed by atoms with van der Waals surface area (Å²) < 4.78 is -0.580. The molecule has 3 amide bonds. The maximum atomic E-state index is 13.8. The summed E-state index contributed by atoms with van der Waals surface area (Å²) >= 11 is 3.00. The molecule has 2 aromatic carbocycles. The molecule has 1 aromatic heterocycles. The quantitative estimate of drug-likeness (QED) is 0.306. The number of aryl methyl sites for hydroxylation is 1. The van der Waals surface area contributed by atoms with E-state index in [9.17, 15) is 24.6 Å². The Balaban J connectivity index is 1.57. The first-order valence-electron chi connectivity index (χ1n) is 13.1. The predicted molar refractivity (Wildman–Crippen MR) is 158 cm³/mol. The van der Waals surface area contributed by atoms with Crippen molar-refractivity contribution in [2.45, 2.75) is 63.6 Å². The normalized spacial score (nSPS) is 17.7. The van der Waals surface area contributed by atoms with Crippen LogP contribution in [0.1, 0.15) is 45.8 Å². The lowest BCUT2D eigenvalue weighted by atomic mass is 9.96. The zero-order valence-electron chi connectivity index (χ0n) is 23.0. The minimum Gasteiger partial charge on any atom is -0.507 e. The molecule has 1 saturated heterocycles. The van der Waals surface area contributed by atoms with Gasteiger partial charge in [0.15, 0.2) is 6.10 Å². The highest BCUT2D eigenvalue weighted by molar-refractivity contribution is 8.00. The lowest BCUT2D eigenvalue weighted by molar-refractivity contribution is -0.147. The van der Waals surface area contributed by atoms with Gasteiger partial charge in [-0.15, -0.1) is 23.1 Å². The van der Waals surface area contributed by atoms with Crippen molar-refractivity contribution >= 4 is 40.8 Å². The van der Waals surface area contributed by atoms with Crippen molar-refractivity contribution in [1.29, 1.82) is 0 Å². The number of nitrogens with one attached hydrogen (secondary N) is 2. The van der Waals surface area contributed by atoms with Crippen molar-refractivity contribution in [1.82, 2.24) is 15.5 Å². The van der Waals surface area contributed by atoms with E-state index in [2.05, 4.69) is 10.6 Å². The van der Waals surface area contributed by atoms with Crippen LogP contribution in [0.2, 0.25) is 0 Å². The highest BCUT2D eigenvalue weighted by Crippen LogP contribution is 2.40. The standard InChI is InChI=1S/C30H35N3O5S2/c1-18-12-13-22(19(2)24(18)34)27(36)32-23(15-20-9-6-5-7-10-20)25(35)29(38)33-17-40-30(3,4)26(33)28(37)31-16-21-11-8-14-39-21/h5-14,23,25-26,34-35H,15-17H2,1-4H3,(H,31,37)(H,32,36)/t23-,25-,26+/m0/s1. The van der Waals surface area contributed by atoms with Gasteiger partial charge in [0.05, 0.1) is 18.5 Å². The molecule has 1 aliphatic heterocycles. The van der Waals surface area contributed by atoms with Gasteiger partial charge in [-0.3, -0.25) is 14.4 Å². The number of thioether (sulfide) groups is 1. The molecular weight excluding hydrogens is 546 g/mol. The zero-order valence-corrected chi connectivity index (χ0v) is 24.6. The molecule has 8 nitrogen and oxygen atoms in total. The molecule has 0 aliphatic carbocycles. The van der Waals surface area contributed by atoms with Crippen LogP contribution in [0.25, 0.3) is 0 Å². The van der Waals surface area contributed by atoms with Gasteiger partial charge < -0.3 is 25.7 Å². The zero-order chi connectivity index (χ0) is 29.0. The average molecular weight is 582 g/mol. The smallest absolute Gasteiger partial charge is 0.254 e. The summed E-state index contributed by atoms with van der Waals surface area (Å²) in [6.07, 6.45) is -1.42. The molecule has 1 aliphatic rings. The number of aliphatic hydroxyl groups excluding tert-OH is 1.